The van der Waals surface area contributed by atoms with Crippen molar-refractivity contribution in [2.24, 2.45) is 0 Å². The molecular weight excluding hydrogens is 304 g/mol. The molecule has 0 heterocycles. The lowest BCUT2D eigenvalue weighted by Crippen LogP contribution is -2.19. The summed E-state index contributed by atoms with van der Waals surface area (Å²) in [4.78, 5) is 26.3. The van der Waals surface area contributed by atoms with Gasteiger partial charge in [-0.15, -0.1) is 0 Å². The summed E-state index contributed by atoms with van der Waals surface area (Å²) < 4.78 is 0. The molecule has 0 spiro atoms. The Morgan fingerprint density at radius 1 is 0.857 bits per heavy atom. The van der Waals surface area contributed by atoms with Gasteiger partial charge in [-0.3, -0.25) is 9.59 Å². The first-order valence-electron chi connectivity index (χ1n) is 6.40. The molecule has 0 saturated heterocycles. The van der Waals surface area contributed by atoms with Crippen molar-refractivity contribution >= 4 is 34.9 Å². The number of carbonyl (C=O) groups excluding carboxylic acids is 2. The minimum absolute atomic E-state index is 0.0818. The van der Waals surface area contributed by atoms with Gasteiger partial charge >= 0.3 is 0 Å². The summed E-state index contributed by atoms with van der Waals surface area (Å²) in [6.45, 7) is 1.70. The fraction of sp³-hybridized carbons (Fsp3) is 0.0588. The van der Waals surface area contributed by atoms with Crippen molar-refractivity contribution in [3.05, 3.63) is 75.2 Å². The summed E-state index contributed by atoms with van der Waals surface area (Å²) >= 11 is 7.17. The molecular formula is C17H11ClO2S. The van der Waals surface area contributed by atoms with Crippen molar-refractivity contribution in [2.75, 3.05) is 0 Å². The van der Waals surface area contributed by atoms with Gasteiger partial charge in [-0.05, 0) is 31.2 Å². The van der Waals surface area contributed by atoms with Gasteiger partial charge in [0.05, 0.1) is 4.91 Å². The van der Waals surface area contributed by atoms with Crippen molar-refractivity contribution in [1.29, 1.82) is 0 Å². The molecule has 0 unspecified atom stereocenters. The second-order valence-corrected chi connectivity index (χ2v) is 6.23. The van der Waals surface area contributed by atoms with Gasteiger partial charge in [-0.25, -0.2) is 0 Å². The first-order valence-corrected chi connectivity index (χ1v) is 7.60. The maximum atomic E-state index is 12.6. The summed E-state index contributed by atoms with van der Waals surface area (Å²) in [5.41, 5.74) is 1.46. The summed E-state index contributed by atoms with van der Waals surface area (Å²) in [6.07, 6.45) is 0. The Balaban J connectivity index is 2.02. The number of thioether (sulfide) groups is 1. The Kier molecular flexibility index (Phi) is 3.70. The van der Waals surface area contributed by atoms with Gasteiger partial charge in [-0.1, -0.05) is 47.6 Å². The minimum Gasteiger partial charge on any atom is -0.289 e. The van der Waals surface area contributed by atoms with E-state index in [1.807, 2.05) is 12.1 Å². The van der Waals surface area contributed by atoms with E-state index in [4.69, 9.17) is 11.6 Å². The van der Waals surface area contributed by atoms with Crippen LogP contribution in [0.25, 0.3) is 0 Å². The quantitative estimate of drug-likeness (QED) is 0.799. The second kappa shape index (κ2) is 5.51. The molecule has 0 aliphatic heterocycles. The van der Waals surface area contributed by atoms with Crippen LogP contribution in [-0.2, 0) is 0 Å². The normalized spacial score (nSPS) is 14.4. The molecule has 4 heteroatoms. The number of rotatable bonds is 2. The monoisotopic (exact) mass is 314 g/mol. The molecule has 0 N–H and O–H groups in total. The van der Waals surface area contributed by atoms with Gasteiger partial charge in [0.2, 0.25) is 5.78 Å². The highest BCUT2D eigenvalue weighted by Crippen LogP contribution is 2.37. The van der Waals surface area contributed by atoms with Gasteiger partial charge < -0.3 is 0 Å². The average molecular weight is 315 g/mol. The Labute approximate surface area is 131 Å². The zero-order valence-electron chi connectivity index (χ0n) is 11.2. The van der Waals surface area contributed by atoms with Crippen molar-refractivity contribution in [3.63, 3.8) is 0 Å². The van der Waals surface area contributed by atoms with Crippen LogP contribution >= 0.6 is 23.4 Å². The Bertz CT molecular complexity index is 776. The predicted molar refractivity (Wildman–Crippen MR) is 85.1 cm³/mol. The van der Waals surface area contributed by atoms with Crippen molar-refractivity contribution in [3.8, 4) is 0 Å². The number of Topliss-reactive ketones (excluding diaryl/α,β-unsaturated/α-hetero) is 2. The maximum absolute atomic E-state index is 12.6. The summed E-state index contributed by atoms with van der Waals surface area (Å²) in [6, 6.07) is 14.2. The number of fused-ring (bicyclic) bond motifs is 1. The van der Waals surface area contributed by atoms with E-state index in [9.17, 15) is 9.59 Å². The average Bonchev–Trinajstić information content (AvgIpc) is 2.51. The third-order valence-electron chi connectivity index (χ3n) is 3.34. The van der Waals surface area contributed by atoms with Gasteiger partial charge in [0.25, 0.3) is 0 Å². The smallest absolute Gasteiger partial charge is 0.200 e. The van der Waals surface area contributed by atoms with Crippen LogP contribution in [0.4, 0.5) is 0 Å². The molecule has 1 aliphatic carbocycles. The van der Waals surface area contributed by atoms with Crippen LogP contribution in [-0.4, -0.2) is 11.6 Å². The Morgan fingerprint density at radius 2 is 1.43 bits per heavy atom. The first-order chi connectivity index (χ1) is 10.1. The van der Waals surface area contributed by atoms with Crippen molar-refractivity contribution < 1.29 is 9.59 Å². The largest absolute Gasteiger partial charge is 0.289 e. The molecule has 2 aromatic rings. The molecule has 0 fully saturated rings. The summed E-state index contributed by atoms with van der Waals surface area (Å²) in [5.74, 6) is -0.177. The number of allylic oxidation sites excluding steroid dienone is 2. The molecule has 0 radical (unpaired) electrons. The van der Waals surface area contributed by atoms with E-state index in [1.54, 1.807) is 43.3 Å². The number of hydrogen-bond acceptors (Lipinski definition) is 3. The standard InChI is InChI=1S/C17H11ClO2S/c1-10-15(19)13-4-2-3-5-14(13)16(20)17(10)21-12-8-6-11(18)7-9-12/h2-9H,1H3. The first kappa shape index (κ1) is 14.1. The highest BCUT2D eigenvalue weighted by Gasteiger charge is 2.29. The molecule has 0 amide bonds. The molecule has 3 rings (SSSR count). The molecule has 21 heavy (non-hydrogen) atoms. The zero-order chi connectivity index (χ0) is 15.0. The van der Waals surface area contributed by atoms with Crippen LogP contribution in [0.1, 0.15) is 27.6 Å². The second-order valence-electron chi connectivity index (χ2n) is 4.71. The molecule has 0 atom stereocenters. The number of ketones is 2. The van der Waals surface area contributed by atoms with Crippen LogP contribution in [0.2, 0.25) is 5.02 Å². The van der Waals surface area contributed by atoms with Crippen LogP contribution < -0.4 is 0 Å². The topological polar surface area (TPSA) is 34.1 Å². The van der Waals surface area contributed by atoms with Gasteiger partial charge in [0, 0.05) is 26.6 Å². The van der Waals surface area contributed by atoms with E-state index in [2.05, 4.69) is 0 Å². The highest BCUT2D eigenvalue weighted by molar-refractivity contribution is 8.04. The Morgan fingerprint density at radius 3 is 2.05 bits per heavy atom. The van der Waals surface area contributed by atoms with Crippen LogP contribution in [0, 0.1) is 0 Å². The van der Waals surface area contributed by atoms with Crippen LogP contribution in [0.15, 0.2) is 63.9 Å². The summed E-state index contributed by atoms with van der Waals surface area (Å²) in [7, 11) is 0. The zero-order valence-corrected chi connectivity index (χ0v) is 12.8. The lowest BCUT2D eigenvalue weighted by atomic mass is 9.90. The third kappa shape index (κ3) is 2.55. The van der Waals surface area contributed by atoms with E-state index in [0.717, 1.165) is 4.90 Å². The number of benzene rings is 2. The minimum atomic E-state index is -0.0948. The molecule has 2 nitrogen and oxygen atoms in total. The third-order valence-corrected chi connectivity index (χ3v) is 4.79. The molecule has 2 aromatic carbocycles. The van der Waals surface area contributed by atoms with Crippen molar-refractivity contribution in [2.45, 2.75) is 11.8 Å². The van der Waals surface area contributed by atoms with E-state index in [-0.39, 0.29) is 11.6 Å². The van der Waals surface area contributed by atoms with Gasteiger partial charge in [0.1, 0.15) is 0 Å². The lowest BCUT2D eigenvalue weighted by molar-refractivity contribution is 0.0981. The van der Waals surface area contributed by atoms with E-state index < -0.39 is 0 Å². The molecule has 0 aromatic heterocycles. The molecule has 104 valence electrons. The fourth-order valence-corrected chi connectivity index (χ4v) is 3.30. The fourth-order valence-electron chi connectivity index (χ4n) is 2.22. The van der Waals surface area contributed by atoms with Crippen LogP contribution in [0.3, 0.4) is 0 Å². The van der Waals surface area contributed by atoms with Crippen LogP contribution in [0.5, 0.6) is 0 Å². The van der Waals surface area contributed by atoms with E-state index in [0.29, 0.717) is 26.6 Å². The van der Waals surface area contributed by atoms with E-state index in [1.165, 1.54) is 11.8 Å². The molecule has 0 saturated carbocycles. The maximum Gasteiger partial charge on any atom is 0.200 e. The van der Waals surface area contributed by atoms with E-state index >= 15 is 0 Å². The van der Waals surface area contributed by atoms with Crippen molar-refractivity contribution in [1.82, 2.24) is 0 Å². The van der Waals surface area contributed by atoms with Gasteiger partial charge in [-0.2, -0.15) is 0 Å². The lowest BCUT2D eigenvalue weighted by Gasteiger charge is -2.18. The molecule has 1 aliphatic rings. The number of halogens is 1. The Hall–Kier alpha value is -1.84. The predicted octanol–water partition coefficient (Wildman–Crippen LogP) is 4.79. The van der Waals surface area contributed by atoms with Gasteiger partial charge in [0.15, 0.2) is 5.78 Å². The SMILES string of the molecule is CC1=C(Sc2ccc(Cl)cc2)C(=O)c2ccccc2C1=O. The number of hydrogen-bond donors (Lipinski definition) is 0. The highest BCUT2D eigenvalue weighted by atomic mass is 35.5. The summed E-state index contributed by atoms with van der Waals surface area (Å²) in [5, 5.41) is 0.640. The number of carbonyl (C=O) groups is 2. The molecule has 0 bridgehead atoms.